The van der Waals surface area contributed by atoms with Crippen LogP contribution in [-0.4, -0.2) is 64.2 Å². The van der Waals surface area contributed by atoms with Gasteiger partial charge in [0.25, 0.3) is 0 Å². The average molecular weight is 450 g/mol. The maximum Gasteiger partial charge on any atom is 0.320 e. The fraction of sp³-hybridized carbons (Fsp3) is 0.560. The van der Waals surface area contributed by atoms with Crippen molar-refractivity contribution in [1.29, 1.82) is 0 Å². The molecule has 1 aliphatic carbocycles. The number of aromatic nitrogens is 2. The number of piperidine rings is 1. The number of nitrogens with zero attached hydrogens (tertiary/aromatic N) is 4. The Bertz CT molecular complexity index is 1010. The van der Waals surface area contributed by atoms with E-state index in [0.717, 1.165) is 36.0 Å². The van der Waals surface area contributed by atoms with Crippen LogP contribution in [0.2, 0.25) is 0 Å². The van der Waals surface area contributed by atoms with Crippen molar-refractivity contribution in [3.63, 3.8) is 0 Å². The highest BCUT2D eigenvalue weighted by molar-refractivity contribution is 5.90. The summed E-state index contributed by atoms with van der Waals surface area (Å²) in [5, 5.41) is 8.22. The summed E-state index contributed by atoms with van der Waals surface area (Å²) in [7, 11) is 0. The molecule has 0 unspecified atom stereocenters. The van der Waals surface area contributed by atoms with E-state index in [2.05, 4.69) is 55.1 Å². The van der Waals surface area contributed by atoms with E-state index in [9.17, 15) is 4.79 Å². The van der Waals surface area contributed by atoms with E-state index in [4.69, 9.17) is 0 Å². The highest BCUT2D eigenvalue weighted by atomic mass is 16.2. The summed E-state index contributed by atoms with van der Waals surface area (Å²) in [5.41, 5.74) is 7.46. The van der Waals surface area contributed by atoms with Crippen molar-refractivity contribution < 1.29 is 4.79 Å². The molecule has 2 aromatic heterocycles. The van der Waals surface area contributed by atoms with Crippen molar-refractivity contribution in [1.82, 2.24) is 30.6 Å². The van der Waals surface area contributed by atoms with E-state index in [1.165, 1.54) is 57.3 Å². The van der Waals surface area contributed by atoms with Crippen LogP contribution in [0.3, 0.4) is 0 Å². The number of carbonyl (C=O) groups excluding carboxylic acids is 1. The highest BCUT2D eigenvalue weighted by Gasteiger charge is 2.26. The van der Waals surface area contributed by atoms with Crippen LogP contribution in [0.5, 0.6) is 0 Å². The molecule has 2 fully saturated rings. The van der Waals surface area contributed by atoms with Gasteiger partial charge in [0, 0.05) is 49.7 Å². The topological polar surface area (TPSA) is 85.4 Å². The second kappa shape index (κ2) is 10.1. The zero-order valence-electron chi connectivity index (χ0n) is 19.5. The van der Waals surface area contributed by atoms with Gasteiger partial charge >= 0.3 is 6.03 Å². The number of hydrogen-bond acceptors (Lipinski definition) is 6. The van der Waals surface area contributed by atoms with Gasteiger partial charge in [-0.25, -0.2) is 15.2 Å². The zero-order valence-corrected chi connectivity index (χ0v) is 19.5. The molecule has 3 aliphatic rings. The highest BCUT2D eigenvalue weighted by Crippen LogP contribution is 2.25. The molecule has 1 saturated carbocycles. The van der Waals surface area contributed by atoms with Gasteiger partial charge in [-0.3, -0.25) is 10.3 Å². The molecule has 3 N–H and O–H groups in total. The van der Waals surface area contributed by atoms with E-state index >= 15 is 0 Å². The quantitative estimate of drug-likeness (QED) is 0.623. The Morgan fingerprint density at radius 1 is 1.15 bits per heavy atom. The molecular formula is C25H35N7O. The zero-order chi connectivity index (χ0) is 22.6. The smallest absolute Gasteiger partial charge is 0.320 e. The third-order valence-electron chi connectivity index (χ3n) is 7.08. The number of pyridine rings is 2. The number of rotatable bonds is 6. The third kappa shape index (κ3) is 5.28. The van der Waals surface area contributed by atoms with E-state index < -0.39 is 0 Å². The van der Waals surface area contributed by atoms with Gasteiger partial charge in [0.1, 0.15) is 5.82 Å². The summed E-state index contributed by atoms with van der Waals surface area (Å²) >= 11 is 0. The SMILES string of the molecule is CCCN1CCC(N2C=C(c3cnc4ccc(NC(=O)NC5CCCC5)nc4c3)CN2)CC1. The molecule has 176 valence electrons. The Labute approximate surface area is 195 Å². The Morgan fingerprint density at radius 3 is 2.76 bits per heavy atom. The molecule has 0 bridgehead atoms. The number of likely N-dealkylation sites (tertiary alicyclic amines) is 1. The summed E-state index contributed by atoms with van der Waals surface area (Å²) in [6.45, 7) is 6.59. The maximum absolute atomic E-state index is 12.3. The largest absolute Gasteiger partial charge is 0.335 e. The molecular weight excluding hydrogens is 414 g/mol. The molecule has 8 nitrogen and oxygen atoms in total. The van der Waals surface area contributed by atoms with Crippen LogP contribution in [0.25, 0.3) is 16.6 Å². The third-order valence-corrected chi connectivity index (χ3v) is 7.08. The van der Waals surface area contributed by atoms with Gasteiger partial charge in [-0.2, -0.15) is 0 Å². The maximum atomic E-state index is 12.3. The minimum absolute atomic E-state index is 0.179. The van der Waals surface area contributed by atoms with Crippen LogP contribution >= 0.6 is 0 Å². The monoisotopic (exact) mass is 449 g/mol. The van der Waals surface area contributed by atoms with Crippen LogP contribution in [0.1, 0.15) is 57.4 Å². The molecule has 0 radical (unpaired) electrons. The lowest BCUT2D eigenvalue weighted by molar-refractivity contribution is 0.119. The number of hydrogen-bond donors (Lipinski definition) is 3. The molecule has 2 aromatic rings. The predicted octanol–water partition coefficient (Wildman–Crippen LogP) is 3.73. The van der Waals surface area contributed by atoms with Gasteiger partial charge in [-0.1, -0.05) is 19.8 Å². The van der Waals surface area contributed by atoms with E-state index in [1.54, 1.807) is 0 Å². The number of hydrazine groups is 1. The second-order valence-corrected chi connectivity index (χ2v) is 9.51. The lowest BCUT2D eigenvalue weighted by Crippen LogP contribution is -2.46. The first-order valence-electron chi connectivity index (χ1n) is 12.5. The van der Waals surface area contributed by atoms with Crippen LogP contribution in [0.15, 0.2) is 30.6 Å². The van der Waals surface area contributed by atoms with Gasteiger partial charge in [0.2, 0.25) is 0 Å². The summed E-state index contributed by atoms with van der Waals surface area (Å²) in [6, 6.07) is 6.43. The number of carbonyl (C=O) groups is 1. The average Bonchev–Trinajstić information content (AvgIpc) is 3.52. The molecule has 4 heterocycles. The first-order valence-corrected chi connectivity index (χ1v) is 12.5. The standard InChI is InChI=1S/C25H35N7O/c1-2-11-31-12-9-21(10-13-31)32-17-19(16-27-32)18-14-23-22(26-15-18)7-8-24(29-23)30-25(33)28-20-5-3-4-6-20/h7-8,14-15,17,20-21,27H,2-6,9-13,16H2,1H3,(H2,28,29,30,33). The summed E-state index contributed by atoms with van der Waals surface area (Å²) in [6.07, 6.45) is 12.3. The summed E-state index contributed by atoms with van der Waals surface area (Å²) in [4.78, 5) is 24.2. The number of fused-ring (bicyclic) bond motifs is 1. The fourth-order valence-electron chi connectivity index (χ4n) is 5.24. The summed E-state index contributed by atoms with van der Waals surface area (Å²) < 4.78 is 0. The first kappa shape index (κ1) is 22.1. The molecule has 1 saturated heterocycles. The van der Waals surface area contributed by atoms with Crippen molar-refractivity contribution >= 4 is 28.5 Å². The molecule has 2 amide bonds. The van der Waals surface area contributed by atoms with Crippen molar-refractivity contribution in [3.05, 3.63) is 36.2 Å². The number of amides is 2. The van der Waals surface area contributed by atoms with E-state index in [-0.39, 0.29) is 12.1 Å². The van der Waals surface area contributed by atoms with Crippen LogP contribution in [0, 0.1) is 0 Å². The van der Waals surface area contributed by atoms with E-state index in [0.29, 0.717) is 11.9 Å². The van der Waals surface area contributed by atoms with Gasteiger partial charge in [-0.05, 0) is 62.4 Å². The Hall–Kier alpha value is -2.71. The van der Waals surface area contributed by atoms with Gasteiger partial charge in [0.05, 0.1) is 11.0 Å². The van der Waals surface area contributed by atoms with Gasteiger partial charge < -0.3 is 15.2 Å². The molecule has 5 rings (SSSR count). The normalized spacial score (nSPS) is 20.4. The van der Waals surface area contributed by atoms with Gasteiger partial charge in [-0.15, -0.1) is 0 Å². The van der Waals surface area contributed by atoms with Crippen LogP contribution < -0.4 is 16.1 Å². The van der Waals surface area contributed by atoms with Crippen LogP contribution in [-0.2, 0) is 0 Å². The predicted molar refractivity (Wildman–Crippen MR) is 132 cm³/mol. The van der Waals surface area contributed by atoms with Crippen molar-refractivity contribution in [2.45, 2.75) is 64.0 Å². The number of anilines is 1. The van der Waals surface area contributed by atoms with Crippen molar-refractivity contribution in [2.24, 2.45) is 0 Å². The minimum atomic E-state index is -0.179. The van der Waals surface area contributed by atoms with Crippen molar-refractivity contribution in [2.75, 3.05) is 31.5 Å². The molecule has 0 spiro atoms. The Morgan fingerprint density at radius 2 is 1.97 bits per heavy atom. The first-order chi connectivity index (χ1) is 16.2. The van der Waals surface area contributed by atoms with Gasteiger partial charge in [0.15, 0.2) is 0 Å². The minimum Gasteiger partial charge on any atom is -0.335 e. The van der Waals surface area contributed by atoms with Crippen LogP contribution in [0.4, 0.5) is 10.6 Å². The number of nitrogens with one attached hydrogen (secondary N) is 3. The Kier molecular flexibility index (Phi) is 6.73. The fourth-order valence-corrected chi connectivity index (χ4v) is 5.24. The van der Waals surface area contributed by atoms with E-state index in [1.807, 2.05) is 18.3 Å². The molecule has 33 heavy (non-hydrogen) atoms. The van der Waals surface area contributed by atoms with Crippen molar-refractivity contribution in [3.8, 4) is 0 Å². The lowest BCUT2D eigenvalue weighted by atomic mass is 10.0. The molecule has 0 aromatic carbocycles. The molecule has 2 aliphatic heterocycles. The number of urea groups is 1. The second-order valence-electron chi connectivity index (χ2n) is 9.51. The summed E-state index contributed by atoms with van der Waals surface area (Å²) in [5.74, 6) is 0.552. The Balaban J connectivity index is 1.25. The molecule has 8 heteroatoms. The lowest BCUT2D eigenvalue weighted by Gasteiger charge is -2.36. The molecule has 0 atom stereocenters.